The molecule has 1 aliphatic rings. The van der Waals surface area contributed by atoms with Gasteiger partial charge in [0.15, 0.2) is 9.84 Å². The molecule has 3 aromatic carbocycles. The molecule has 0 aliphatic carbocycles. The molecule has 0 amide bonds. The van der Waals surface area contributed by atoms with Crippen molar-refractivity contribution < 1.29 is 22.7 Å². The molecule has 168 valence electrons. The van der Waals surface area contributed by atoms with Crippen LogP contribution < -0.4 is 0 Å². The van der Waals surface area contributed by atoms with E-state index in [1.807, 2.05) is 59.2 Å². The fourth-order valence-corrected chi connectivity index (χ4v) is 5.87. The van der Waals surface area contributed by atoms with Gasteiger partial charge >= 0.3 is 5.97 Å². The van der Waals surface area contributed by atoms with Gasteiger partial charge < -0.3 is 9.67 Å². The van der Waals surface area contributed by atoms with Crippen molar-refractivity contribution in [2.75, 3.05) is 6.26 Å². The quantitative estimate of drug-likeness (QED) is 0.425. The maximum atomic E-state index is 14.5. The molecular weight excluding hydrogens is 441 g/mol. The molecule has 1 unspecified atom stereocenters. The monoisotopic (exact) mass is 463 g/mol. The smallest absolute Gasteiger partial charge is 0.304 e. The summed E-state index contributed by atoms with van der Waals surface area (Å²) in [6.45, 7) is 0.512. The molecule has 0 bridgehead atoms. The van der Waals surface area contributed by atoms with E-state index in [1.165, 1.54) is 6.07 Å². The summed E-state index contributed by atoms with van der Waals surface area (Å²) < 4.78 is 41.6. The van der Waals surface area contributed by atoms with E-state index in [-0.39, 0.29) is 17.2 Å². The van der Waals surface area contributed by atoms with E-state index in [2.05, 4.69) is 0 Å². The van der Waals surface area contributed by atoms with E-state index in [4.69, 9.17) is 0 Å². The molecule has 1 aromatic heterocycles. The second-order valence-corrected chi connectivity index (χ2v) is 10.5. The third-order valence-corrected chi connectivity index (χ3v) is 7.44. The van der Waals surface area contributed by atoms with Crippen LogP contribution in [0.5, 0.6) is 0 Å². The second-order valence-electron chi connectivity index (χ2n) is 8.51. The lowest BCUT2D eigenvalue weighted by Crippen LogP contribution is -2.04. The zero-order valence-electron chi connectivity index (χ0n) is 18.0. The lowest BCUT2D eigenvalue weighted by molar-refractivity contribution is -0.137. The molecule has 33 heavy (non-hydrogen) atoms. The molecule has 0 radical (unpaired) electrons. The van der Waals surface area contributed by atoms with Crippen LogP contribution in [0.25, 0.3) is 33.2 Å². The summed E-state index contributed by atoms with van der Waals surface area (Å²) in [5, 5.41) is 9.92. The van der Waals surface area contributed by atoms with Crippen LogP contribution in [0.3, 0.4) is 0 Å². The van der Waals surface area contributed by atoms with Gasteiger partial charge in [0, 0.05) is 35.4 Å². The number of aliphatic carboxylic acids is 1. The fraction of sp³-hybridized carbons (Fsp3) is 0.192. The maximum absolute atomic E-state index is 14.5. The van der Waals surface area contributed by atoms with E-state index in [0.29, 0.717) is 29.4 Å². The van der Waals surface area contributed by atoms with Gasteiger partial charge in [-0.15, -0.1) is 0 Å². The number of hydrogen-bond acceptors (Lipinski definition) is 3. The minimum absolute atomic E-state index is 0.0673. The minimum atomic E-state index is -3.73. The Morgan fingerprint density at radius 1 is 1.03 bits per heavy atom. The molecule has 0 fully saturated rings. The number of carbonyl (C=O) groups is 1. The van der Waals surface area contributed by atoms with Crippen LogP contribution in [-0.2, 0) is 21.2 Å². The predicted octanol–water partition coefficient (Wildman–Crippen LogP) is 5.48. The molecule has 7 heteroatoms. The van der Waals surface area contributed by atoms with E-state index in [9.17, 15) is 22.7 Å². The van der Waals surface area contributed by atoms with Crippen LogP contribution in [0, 0.1) is 5.82 Å². The van der Waals surface area contributed by atoms with Gasteiger partial charge in [0.05, 0.1) is 16.8 Å². The Bertz CT molecular complexity index is 1490. The number of carboxylic acids is 1. The van der Waals surface area contributed by atoms with Gasteiger partial charge in [-0.1, -0.05) is 54.6 Å². The van der Waals surface area contributed by atoms with Crippen molar-refractivity contribution >= 4 is 26.7 Å². The van der Waals surface area contributed by atoms with Gasteiger partial charge in [0.1, 0.15) is 5.82 Å². The van der Waals surface area contributed by atoms with E-state index >= 15 is 0 Å². The zero-order valence-corrected chi connectivity index (χ0v) is 18.8. The standard InChI is InChI=1S/C26H22FNO4S/c1-33(31,32)22-15-20(27)14-21-25(22)24(26-19(13-23(29)30)11-12-28(21)26)18-9-7-17(8-10-18)16-5-3-2-4-6-16/h2-10,14-15,19H,11-13H2,1H3,(H,29,30). The van der Waals surface area contributed by atoms with Gasteiger partial charge in [-0.2, -0.15) is 0 Å². The van der Waals surface area contributed by atoms with Crippen molar-refractivity contribution in [2.24, 2.45) is 0 Å². The average Bonchev–Trinajstić information content (AvgIpc) is 3.31. The third-order valence-electron chi connectivity index (χ3n) is 6.32. The van der Waals surface area contributed by atoms with Crippen molar-refractivity contribution in [1.29, 1.82) is 0 Å². The van der Waals surface area contributed by atoms with Crippen LogP contribution in [0.4, 0.5) is 4.39 Å². The Hall–Kier alpha value is -3.45. The Kier molecular flexibility index (Phi) is 5.09. The number of aryl methyl sites for hydroxylation is 1. The number of fused-ring (bicyclic) bond motifs is 3. The summed E-state index contributed by atoms with van der Waals surface area (Å²) in [6.07, 6.45) is 1.61. The second kappa shape index (κ2) is 7.85. The Balaban J connectivity index is 1.79. The van der Waals surface area contributed by atoms with Gasteiger partial charge in [-0.3, -0.25) is 4.79 Å². The molecule has 5 rings (SSSR count). The van der Waals surface area contributed by atoms with Crippen molar-refractivity contribution in [3.8, 4) is 22.3 Å². The minimum Gasteiger partial charge on any atom is -0.481 e. The molecule has 4 aromatic rings. The summed E-state index contributed by atoms with van der Waals surface area (Å²) in [5.74, 6) is -1.83. The first-order valence-electron chi connectivity index (χ1n) is 10.7. The normalized spacial score (nSPS) is 15.6. The molecule has 1 aliphatic heterocycles. The van der Waals surface area contributed by atoms with Crippen LogP contribution in [0.1, 0.15) is 24.5 Å². The van der Waals surface area contributed by atoms with Gasteiger partial charge in [0.25, 0.3) is 0 Å². The first kappa shape index (κ1) is 21.4. The highest BCUT2D eigenvalue weighted by Crippen LogP contribution is 2.47. The highest BCUT2D eigenvalue weighted by atomic mass is 32.2. The number of sulfone groups is 1. The first-order valence-corrected chi connectivity index (χ1v) is 12.6. The van der Waals surface area contributed by atoms with Gasteiger partial charge in [-0.05, 0) is 35.2 Å². The van der Waals surface area contributed by atoms with Crippen LogP contribution >= 0.6 is 0 Å². The van der Waals surface area contributed by atoms with Crippen molar-refractivity contribution in [2.45, 2.75) is 30.2 Å². The molecule has 1 atom stereocenters. The highest BCUT2D eigenvalue weighted by molar-refractivity contribution is 7.91. The van der Waals surface area contributed by atoms with Crippen molar-refractivity contribution in [3.05, 3.63) is 78.2 Å². The molecule has 0 spiro atoms. The van der Waals surface area contributed by atoms with Crippen molar-refractivity contribution in [3.63, 3.8) is 0 Å². The Labute approximate surface area is 191 Å². The number of benzene rings is 3. The number of hydrogen-bond donors (Lipinski definition) is 1. The Morgan fingerprint density at radius 2 is 1.67 bits per heavy atom. The van der Waals surface area contributed by atoms with Crippen LogP contribution in [0.15, 0.2) is 71.6 Å². The van der Waals surface area contributed by atoms with Crippen LogP contribution in [0.2, 0.25) is 0 Å². The number of aromatic nitrogens is 1. The fourth-order valence-electron chi connectivity index (χ4n) is 4.97. The van der Waals surface area contributed by atoms with Crippen LogP contribution in [-0.4, -0.2) is 30.3 Å². The van der Waals surface area contributed by atoms with E-state index in [0.717, 1.165) is 34.7 Å². The van der Waals surface area contributed by atoms with Gasteiger partial charge in [0.2, 0.25) is 0 Å². The number of carboxylic acid groups (broad SMARTS) is 1. The SMILES string of the molecule is CS(=O)(=O)c1cc(F)cc2c1c(-c1ccc(-c3ccccc3)cc1)c1n2CCC1CC(=O)O. The van der Waals surface area contributed by atoms with E-state index in [1.54, 1.807) is 0 Å². The highest BCUT2D eigenvalue weighted by Gasteiger charge is 2.34. The third kappa shape index (κ3) is 3.72. The summed E-state index contributed by atoms with van der Waals surface area (Å²) in [4.78, 5) is 11.5. The maximum Gasteiger partial charge on any atom is 0.304 e. The first-order chi connectivity index (χ1) is 15.7. The number of rotatable bonds is 5. The van der Waals surface area contributed by atoms with E-state index < -0.39 is 21.6 Å². The number of halogens is 1. The summed E-state index contributed by atoms with van der Waals surface area (Å²) in [6, 6.07) is 20.1. The Morgan fingerprint density at radius 3 is 2.30 bits per heavy atom. The largest absolute Gasteiger partial charge is 0.481 e. The topological polar surface area (TPSA) is 76.4 Å². The molecular formula is C26H22FNO4S. The molecule has 2 heterocycles. The average molecular weight is 464 g/mol. The lowest BCUT2D eigenvalue weighted by atomic mass is 9.91. The molecule has 1 N–H and O–H groups in total. The predicted molar refractivity (Wildman–Crippen MR) is 125 cm³/mol. The van der Waals surface area contributed by atoms with Crippen molar-refractivity contribution in [1.82, 2.24) is 4.57 Å². The lowest BCUT2D eigenvalue weighted by Gasteiger charge is -2.13. The molecule has 0 saturated carbocycles. The number of nitrogens with zero attached hydrogens (tertiary/aromatic N) is 1. The summed E-state index contributed by atoms with van der Waals surface area (Å²) >= 11 is 0. The van der Waals surface area contributed by atoms with Gasteiger partial charge in [-0.25, -0.2) is 12.8 Å². The summed E-state index contributed by atoms with van der Waals surface area (Å²) in [7, 11) is -3.73. The molecule has 0 saturated heterocycles. The molecule has 5 nitrogen and oxygen atoms in total. The zero-order chi connectivity index (χ0) is 23.3. The summed E-state index contributed by atoms with van der Waals surface area (Å²) in [5.41, 5.74) is 4.77.